The highest BCUT2D eigenvalue weighted by Crippen LogP contribution is 2.38. The highest BCUT2D eigenvalue weighted by atomic mass is 31.2. The fourth-order valence-electron chi connectivity index (χ4n) is 10.2. The minimum absolute atomic E-state index is 0.0308. The molecule has 0 heterocycles. The van der Waals surface area contributed by atoms with Crippen LogP contribution in [0.4, 0.5) is 0 Å². The molecule has 0 aliphatic carbocycles. The van der Waals surface area contributed by atoms with E-state index in [4.69, 9.17) is 18.5 Å². The standard InChI is InChI=1S/C71H134NO8P/c1-6-8-10-12-14-16-18-20-22-24-26-27-28-29-30-31-32-33-34-35-36-37-38-39-40-41-42-43-44-45-46-48-50-52-54-56-58-60-62-64-71(74)80-69(68-79-81(75,76)78-66-65-72(3,4)5)67-77-70(73)63-61-59-57-55-53-51-49-47-25-23-21-19-17-15-13-11-9-7-2/h17-20,23-26,69H,6-16,21-22,27-68H2,1-5H3/b19-17-,20-18-,25-23-,26-24-. The Morgan fingerprint density at radius 1 is 0.383 bits per heavy atom. The molecule has 10 heteroatoms. The van der Waals surface area contributed by atoms with Crippen molar-refractivity contribution < 1.29 is 42.1 Å². The van der Waals surface area contributed by atoms with E-state index < -0.39 is 26.5 Å². The number of hydrogen-bond donors (Lipinski definition) is 0. The molecule has 2 unspecified atom stereocenters. The first-order valence-electron chi connectivity index (χ1n) is 34.8. The Bertz CT molecular complexity index is 1510. The van der Waals surface area contributed by atoms with Gasteiger partial charge in [-0.05, 0) is 77.0 Å². The molecule has 0 spiro atoms. The molecule has 0 aromatic heterocycles. The maximum absolute atomic E-state index is 12.8. The lowest BCUT2D eigenvalue weighted by molar-refractivity contribution is -0.870. The molecule has 9 nitrogen and oxygen atoms in total. The predicted octanol–water partition coefficient (Wildman–Crippen LogP) is 21.8. The van der Waals surface area contributed by atoms with Gasteiger partial charge >= 0.3 is 11.9 Å². The first-order valence-corrected chi connectivity index (χ1v) is 36.3. The number of likely N-dealkylation sites (N-methyl/N-ethyl adjacent to an activating group) is 1. The average Bonchev–Trinajstić information content (AvgIpc) is 3.43. The summed E-state index contributed by atoms with van der Waals surface area (Å²) < 4.78 is 34.3. The van der Waals surface area contributed by atoms with Gasteiger partial charge in [-0.15, -0.1) is 0 Å². The third kappa shape index (κ3) is 67.0. The second-order valence-corrected chi connectivity index (χ2v) is 26.3. The van der Waals surface area contributed by atoms with Gasteiger partial charge in [0.1, 0.15) is 19.8 Å². The van der Waals surface area contributed by atoms with Crippen LogP contribution in [-0.4, -0.2) is 70.0 Å². The Balaban J connectivity index is 3.91. The van der Waals surface area contributed by atoms with Gasteiger partial charge in [-0.1, -0.05) is 300 Å². The minimum Gasteiger partial charge on any atom is -0.756 e. The number of quaternary nitrogens is 1. The number of phosphoric acid groups is 1. The number of allylic oxidation sites excluding steroid dienone is 8. The summed E-state index contributed by atoms with van der Waals surface area (Å²) in [6, 6.07) is 0. The molecular weight excluding hydrogens is 1030 g/mol. The smallest absolute Gasteiger partial charge is 0.306 e. The molecule has 0 aliphatic heterocycles. The van der Waals surface area contributed by atoms with E-state index in [0.717, 1.165) is 57.8 Å². The molecule has 0 aliphatic rings. The molecule has 0 saturated carbocycles. The second-order valence-electron chi connectivity index (χ2n) is 24.9. The zero-order valence-corrected chi connectivity index (χ0v) is 55.1. The van der Waals surface area contributed by atoms with Gasteiger partial charge in [-0.25, -0.2) is 0 Å². The van der Waals surface area contributed by atoms with Crippen molar-refractivity contribution in [2.24, 2.45) is 0 Å². The fourth-order valence-corrected chi connectivity index (χ4v) is 10.9. The fraction of sp³-hybridized carbons (Fsp3) is 0.859. The molecule has 0 saturated heterocycles. The van der Waals surface area contributed by atoms with Crippen LogP contribution in [0, 0.1) is 0 Å². The number of phosphoric ester groups is 1. The molecule has 0 N–H and O–H groups in total. The zero-order valence-electron chi connectivity index (χ0n) is 54.2. The number of unbranched alkanes of at least 4 members (excludes halogenated alkanes) is 43. The Kier molecular flexibility index (Phi) is 60.9. The van der Waals surface area contributed by atoms with Crippen LogP contribution in [-0.2, 0) is 32.7 Å². The lowest BCUT2D eigenvalue weighted by Gasteiger charge is -2.28. The SMILES string of the molecule is CCCCCC/C=C\C/C=C\CCCCCCCCCC(=O)OCC(COP(=O)([O-])OCC[N+](C)(C)C)OC(=O)CCCCCCCCCCCCCCCCCCCCCCCCCCCCC/C=C\C/C=C\CCCCCCC. The highest BCUT2D eigenvalue weighted by Gasteiger charge is 2.22. The van der Waals surface area contributed by atoms with Crippen LogP contribution in [0.15, 0.2) is 48.6 Å². The molecule has 476 valence electrons. The molecule has 0 aromatic carbocycles. The third-order valence-corrected chi connectivity index (χ3v) is 16.5. The second kappa shape index (κ2) is 62.5. The lowest BCUT2D eigenvalue weighted by atomic mass is 10.0. The first kappa shape index (κ1) is 79.0. The number of rotatable bonds is 65. The molecule has 0 fully saturated rings. The minimum atomic E-state index is -4.64. The van der Waals surface area contributed by atoms with Crippen molar-refractivity contribution in [1.82, 2.24) is 0 Å². The van der Waals surface area contributed by atoms with Gasteiger partial charge in [0.15, 0.2) is 6.10 Å². The Morgan fingerprint density at radius 3 is 0.988 bits per heavy atom. The van der Waals surface area contributed by atoms with Gasteiger partial charge in [0.25, 0.3) is 7.82 Å². The summed E-state index contributed by atoms with van der Waals surface area (Å²) >= 11 is 0. The molecular formula is C71H134NO8P. The molecule has 81 heavy (non-hydrogen) atoms. The predicted molar refractivity (Wildman–Crippen MR) is 347 cm³/mol. The van der Waals surface area contributed by atoms with Crippen molar-refractivity contribution in [3.8, 4) is 0 Å². The Hall–Kier alpha value is -2.03. The van der Waals surface area contributed by atoms with Crippen molar-refractivity contribution in [1.29, 1.82) is 0 Å². The van der Waals surface area contributed by atoms with Crippen LogP contribution >= 0.6 is 7.82 Å². The molecule has 0 amide bonds. The van der Waals surface area contributed by atoms with Gasteiger partial charge in [-0.3, -0.25) is 14.2 Å². The summed E-state index contributed by atoms with van der Waals surface area (Å²) in [6.07, 6.45) is 80.7. The van der Waals surface area contributed by atoms with Crippen LogP contribution in [0.2, 0.25) is 0 Å². The van der Waals surface area contributed by atoms with Crippen molar-refractivity contribution in [3.63, 3.8) is 0 Å². The number of hydrogen-bond acceptors (Lipinski definition) is 8. The number of nitrogens with zero attached hydrogens (tertiary/aromatic N) is 1. The van der Waals surface area contributed by atoms with E-state index >= 15 is 0 Å². The molecule has 0 bridgehead atoms. The van der Waals surface area contributed by atoms with Crippen molar-refractivity contribution in [2.75, 3.05) is 47.5 Å². The topological polar surface area (TPSA) is 111 Å². The number of esters is 2. The summed E-state index contributed by atoms with van der Waals surface area (Å²) in [4.78, 5) is 38.0. The van der Waals surface area contributed by atoms with E-state index in [1.807, 2.05) is 21.1 Å². The van der Waals surface area contributed by atoms with E-state index in [2.05, 4.69) is 62.5 Å². The highest BCUT2D eigenvalue weighted by molar-refractivity contribution is 7.45. The van der Waals surface area contributed by atoms with Crippen LogP contribution in [0.25, 0.3) is 0 Å². The van der Waals surface area contributed by atoms with Crippen LogP contribution < -0.4 is 4.89 Å². The van der Waals surface area contributed by atoms with E-state index in [9.17, 15) is 19.0 Å². The maximum atomic E-state index is 12.8. The van der Waals surface area contributed by atoms with Crippen LogP contribution in [0.5, 0.6) is 0 Å². The van der Waals surface area contributed by atoms with Gasteiger partial charge in [0.05, 0.1) is 27.7 Å². The van der Waals surface area contributed by atoms with Crippen molar-refractivity contribution in [3.05, 3.63) is 48.6 Å². The van der Waals surface area contributed by atoms with Crippen molar-refractivity contribution >= 4 is 19.8 Å². The van der Waals surface area contributed by atoms with E-state index in [-0.39, 0.29) is 32.0 Å². The van der Waals surface area contributed by atoms with Gasteiger partial charge in [-0.2, -0.15) is 0 Å². The molecule has 2 atom stereocenters. The monoisotopic (exact) mass is 1160 g/mol. The maximum Gasteiger partial charge on any atom is 0.306 e. The largest absolute Gasteiger partial charge is 0.756 e. The van der Waals surface area contributed by atoms with E-state index in [0.29, 0.717) is 17.4 Å². The van der Waals surface area contributed by atoms with Crippen LogP contribution in [0.1, 0.15) is 341 Å². The average molecular weight is 1160 g/mol. The molecule has 0 aromatic rings. The molecule has 0 rings (SSSR count). The normalized spacial score (nSPS) is 13.4. The van der Waals surface area contributed by atoms with Gasteiger partial charge in [0, 0.05) is 12.8 Å². The first-order chi connectivity index (χ1) is 39.5. The lowest BCUT2D eigenvalue weighted by Crippen LogP contribution is -2.37. The number of carbonyl (C=O) groups is 2. The van der Waals surface area contributed by atoms with Gasteiger partial charge < -0.3 is 27.9 Å². The Morgan fingerprint density at radius 2 is 0.667 bits per heavy atom. The quantitative estimate of drug-likeness (QED) is 0.0195. The Labute approximate surface area is 503 Å². The van der Waals surface area contributed by atoms with Crippen molar-refractivity contribution in [2.45, 2.75) is 347 Å². The summed E-state index contributed by atoms with van der Waals surface area (Å²) in [5, 5.41) is 0. The van der Waals surface area contributed by atoms with Gasteiger partial charge in [0.2, 0.25) is 0 Å². The zero-order chi connectivity index (χ0) is 59.1. The van der Waals surface area contributed by atoms with E-state index in [1.54, 1.807) is 0 Å². The number of carbonyl (C=O) groups excluding carboxylic acids is 2. The summed E-state index contributed by atoms with van der Waals surface area (Å²) in [5.41, 5.74) is 0. The summed E-state index contributed by atoms with van der Waals surface area (Å²) in [5.74, 6) is -0.827. The summed E-state index contributed by atoms with van der Waals surface area (Å²) in [7, 11) is 1.17. The molecule has 0 radical (unpaired) electrons. The van der Waals surface area contributed by atoms with E-state index in [1.165, 1.54) is 250 Å². The third-order valence-electron chi connectivity index (χ3n) is 15.6. The van der Waals surface area contributed by atoms with Crippen LogP contribution in [0.3, 0.4) is 0 Å². The number of ether oxygens (including phenoxy) is 2. The summed E-state index contributed by atoms with van der Waals surface area (Å²) in [6.45, 7) is 4.25.